The molecule has 0 fully saturated rings. The molecule has 0 amide bonds. The smallest absolute Gasteiger partial charge is 0.0494 e. The molecule has 1 nitrogen and oxygen atoms in total. The fourth-order valence-electron chi connectivity index (χ4n) is 2.08. The summed E-state index contributed by atoms with van der Waals surface area (Å²) in [4.78, 5) is 0. The molecule has 0 saturated heterocycles. The van der Waals surface area contributed by atoms with Crippen LogP contribution in [0.25, 0.3) is 10.9 Å². The topological polar surface area (TPSA) is 4.93 Å². The van der Waals surface area contributed by atoms with E-state index in [1.54, 1.807) is 0 Å². The van der Waals surface area contributed by atoms with E-state index in [1.807, 2.05) is 0 Å². The molecule has 3 aromatic rings. The van der Waals surface area contributed by atoms with Gasteiger partial charge in [0.25, 0.3) is 0 Å². The summed E-state index contributed by atoms with van der Waals surface area (Å²) in [6, 6.07) is 19.3. The third-order valence-corrected chi connectivity index (χ3v) is 3.60. The summed E-state index contributed by atoms with van der Waals surface area (Å²) in [7, 11) is 0. The van der Waals surface area contributed by atoms with Gasteiger partial charge in [-0.1, -0.05) is 36.4 Å². The molecule has 1 heterocycles. The van der Waals surface area contributed by atoms with Gasteiger partial charge in [-0.2, -0.15) is 0 Å². The summed E-state index contributed by atoms with van der Waals surface area (Å²) in [6.07, 6.45) is 2.16. The van der Waals surface area contributed by atoms with Gasteiger partial charge in [-0.05, 0) is 51.7 Å². The van der Waals surface area contributed by atoms with Crippen LogP contribution in [0.1, 0.15) is 5.56 Å². The van der Waals surface area contributed by atoms with Gasteiger partial charge in [-0.25, -0.2) is 0 Å². The van der Waals surface area contributed by atoms with Crippen molar-refractivity contribution >= 4 is 33.5 Å². The molecule has 2 heteroatoms. The monoisotopic (exact) mass is 333 g/mol. The van der Waals surface area contributed by atoms with E-state index in [1.165, 1.54) is 20.0 Å². The molecule has 3 rings (SSSR count). The largest absolute Gasteiger partial charge is 0.343 e. The van der Waals surface area contributed by atoms with Crippen LogP contribution in [0.5, 0.6) is 0 Å². The zero-order valence-electron chi connectivity index (χ0n) is 9.31. The number of fused-ring (bicyclic) bond motifs is 1. The fourth-order valence-corrected chi connectivity index (χ4v) is 2.55. The van der Waals surface area contributed by atoms with E-state index in [0.717, 1.165) is 6.54 Å². The molecule has 0 N–H and O–H groups in total. The highest BCUT2D eigenvalue weighted by molar-refractivity contribution is 14.1. The first-order valence-corrected chi connectivity index (χ1v) is 6.69. The van der Waals surface area contributed by atoms with Crippen molar-refractivity contribution in [2.24, 2.45) is 0 Å². The van der Waals surface area contributed by atoms with Crippen LogP contribution in [0.2, 0.25) is 0 Å². The molecule has 0 unspecified atom stereocenters. The highest BCUT2D eigenvalue weighted by Gasteiger charge is 2.01. The number of benzene rings is 2. The second kappa shape index (κ2) is 4.53. The normalized spacial score (nSPS) is 10.9. The Morgan fingerprint density at radius 1 is 0.941 bits per heavy atom. The first-order chi connectivity index (χ1) is 8.33. The average molecular weight is 333 g/mol. The van der Waals surface area contributed by atoms with Gasteiger partial charge < -0.3 is 4.57 Å². The number of aromatic nitrogens is 1. The van der Waals surface area contributed by atoms with Crippen molar-refractivity contribution in [1.82, 2.24) is 4.57 Å². The Kier molecular flexibility index (Phi) is 2.89. The minimum Gasteiger partial charge on any atom is -0.343 e. The van der Waals surface area contributed by atoms with Crippen LogP contribution in [0, 0.1) is 3.57 Å². The van der Waals surface area contributed by atoms with Crippen molar-refractivity contribution in [3.63, 3.8) is 0 Å². The maximum atomic E-state index is 2.36. The first kappa shape index (κ1) is 10.8. The minimum absolute atomic E-state index is 0.935. The quantitative estimate of drug-likeness (QED) is 0.617. The van der Waals surface area contributed by atoms with Crippen molar-refractivity contribution in [2.75, 3.05) is 0 Å². The minimum atomic E-state index is 0.935. The summed E-state index contributed by atoms with van der Waals surface area (Å²) in [5.74, 6) is 0. The Morgan fingerprint density at radius 2 is 1.76 bits per heavy atom. The lowest BCUT2D eigenvalue weighted by Crippen LogP contribution is -1.97. The average Bonchev–Trinajstić information content (AvgIpc) is 2.73. The van der Waals surface area contributed by atoms with E-state index in [-0.39, 0.29) is 0 Å². The Labute approximate surface area is 114 Å². The number of hydrogen-bond donors (Lipinski definition) is 0. The zero-order valence-corrected chi connectivity index (χ0v) is 11.5. The van der Waals surface area contributed by atoms with E-state index < -0.39 is 0 Å². The summed E-state index contributed by atoms with van der Waals surface area (Å²) in [6.45, 7) is 0.935. The van der Waals surface area contributed by atoms with Gasteiger partial charge in [0.05, 0.1) is 0 Å². The van der Waals surface area contributed by atoms with Crippen LogP contribution in [-0.4, -0.2) is 4.57 Å². The van der Waals surface area contributed by atoms with Crippen molar-refractivity contribution in [3.8, 4) is 0 Å². The highest BCUT2D eigenvalue weighted by atomic mass is 127. The number of nitrogens with zero attached hydrogens (tertiary/aromatic N) is 1. The molecule has 17 heavy (non-hydrogen) atoms. The summed E-state index contributed by atoms with van der Waals surface area (Å²) < 4.78 is 3.58. The molecule has 0 atom stereocenters. The van der Waals surface area contributed by atoms with Crippen LogP contribution in [0.3, 0.4) is 0 Å². The van der Waals surface area contributed by atoms with Gasteiger partial charge in [0, 0.05) is 21.8 Å². The molecule has 0 spiro atoms. The number of rotatable bonds is 2. The van der Waals surface area contributed by atoms with Crippen LogP contribution >= 0.6 is 22.6 Å². The van der Waals surface area contributed by atoms with Crippen molar-refractivity contribution in [1.29, 1.82) is 0 Å². The molecule has 0 saturated carbocycles. The summed E-state index contributed by atoms with van der Waals surface area (Å²) in [5.41, 5.74) is 2.64. The molecular formula is C15H12IN. The third kappa shape index (κ3) is 2.22. The van der Waals surface area contributed by atoms with Crippen LogP contribution in [-0.2, 0) is 6.54 Å². The lowest BCUT2D eigenvalue weighted by atomic mass is 10.2. The molecule has 2 aromatic carbocycles. The molecule has 84 valence electrons. The maximum absolute atomic E-state index is 2.36. The van der Waals surface area contributed by atoms with Crippen LogP contribution in [0.15, 0.2) is 60.8 Å². The molecule has 0 radical (unpaired) electrons. The second-order valence-electron chi connectivity index (χ2n) is 4.13. The number of halogens is 1. The van der Waals surface area contributed by atoms with Crippen molar-refractivity contribution in [2.45, 2.75) is 6.54 Å². The Balaban J connectivity index is 2.03. The fraction of sp³-hybridized carbons (Fsp3) is 0.0667. The van der Waals surface area contributed by atoms with Crippen molar-refractivity contribution < 1.29 is 0 Å². The summed E-state index contributed by atoms with van der Waals surface area (Å²) >= 11 is 2.36. The predicted molar refractivity (Wildman–Crippen MR) is 80.2 cm³/mol. The van der Waals surface area contributed by atoms with E-state index in [9.17, 15) is 0 Å². The van der Waals surface area contributed by atoms with E-state index >= 15 is 0 Å². The molecule has 1 aromatic heterocycles. The van der Waals surface area contributed by atoms with Crippen LogP contribution < -0.4 is 0 Å². The van der Waals surface area contributed by atoms with Gasteiger partial charge in [0.2, 0.25) is 0 Å². The second-order valence-corrected chi connectivity index (χ2v) is 5.38. The first-order valence-electron chi connectivity index (χ1n) is 5.61. The van der Waals surface area contributed by atoms with Crippen molar-refractivity contribution in [3.05, 3.63) is 69.9 Å². The Hall–Kier alpha value is -1.29. The molecule has 0 aliphatic heterocycles. The Morgan fingerprint density at radius 3 is 2.59 bits per heavy atom. The lowest BCUT2D eigenvalue weighted by molar-refractivity contribution is 0.837. The molecule has 0 bridgehead atoms. The maximum Gasteiger partial charge on any atom is 0.0494 e. The third-order valence-electron chi connectivity index (χ3n) is 2.93. The van der Waals surface area contributed by atoms with Crippen LogP contribution in [0.4, 0.5) is 0 Å². The van der Waals surface area contributed by atoms with E-state index in [0.29, 0.717) is 0 Å². The molecule has 0 aliphatic carbocycles. The standard InChI is InChI=1S/C15H12IN/c16-14-7-6-13-8-9-17(15(13)10-14)11-12-4-2-1-3-5-12/h1-10H,11H2. The molecule has 0 aliphatic rings. The van der Waals surface area contributed by atoms with Gasteiger partial charge in [-0.3, -0.25) is 0 Å². The van der Waals surface area contributed by atoms with E-state index in [2.05, 4.69) is 88.0 Å². The van der Waals surface area contributed by atoms with Gasteiger partial charge in [0.15, 0.2) is 0 Å². The summed E-state index contributed by atoms with van der Waals surface area (Å²) in [5, 5.41) is 1.31. The predicted octanol–water partition coefficient (Wildman–Crippen LogP) is 4.29. The van der Waals surface area contributed by atoms with Gasteiger partial charge >= 0.3 is 0 Å². The highest BCUT2D eigenvalue weighted by Crippen LogP contribution is 2.19. The lowest BCUT2D eigenvalue weighted by Gasteiger charge is -2.05. The molecular weight excluding hydrogens is 321 g/mol. The Bertz CT molecular complexity index is 640. The van der Waals surface area contributed by atoms with E-state index in [4.69, 9.17) is 0 Å². The zero-order chi connectivity index (χ0) is 11.7. The SMILES string of the molecule is Ic1ccc2ccn(Cc3ccccc3)c2c1. The van der Waals surface area contributed by atoms with Gasteiger partial charge in [0.1, 0.15) is 0 Å². The number of hydrogen-bond acceptors (Lipinski definition) is 0. The van der Waals surface area contributed by atoms with Gasteiger partial charge in [-0.15, -0.1) is 0 Å².